The van der Waals surface area contributed by atoms with Gasteiger partial charge in [0.1, 0.15) is 5.82 Å². The first-order valence-corrected chi connectivity index (χ1v) is 7.23. The van der Waals surface area contributed by atoms with Crippen molar-refractivity contribution in [1.29, 1.82) is 0 Å². The number of morpholine rings is 1. The highest BCUT2D eigenvalue weighted by atomic mass is 16.5. The molecule has 0 spiro atoms. The van der Waals surface area contributed by atoms with Crippen LogP contribution in [0.1, 0.15) is 37.2 Å². The molecule has 6 heteroatoms. The molecule has 1 atom stereocenters. The van der Waals surface area contributed by atoms with E-state index in [1.807, 2.05) is 0 Å². The van der Waals surface area contributed by atoms with E-state index >= 15 is 0 Å². The van der Waals surface area contributed by atoms with E-state index in [-0.39, 0.29) is 12.0 Å². The molecule has 20 heavy (non-hydrogen) atoms. The second-order valence-corrected chi connectivity index (χ2v) is 4.88. The normalized spacial score (nSPS) is 18.9. The maximum atomic E-state index is 12.3. The smallest absolute Gasteiger partial charge is 0.274 e. The first-order valence-electron chi connectivity index (χ1n) is 7.23. The zero-order valence-electron chi connectivity index (χ0n) is 12.1. The summed E-state index contributed by atoms with van der Waals surface area (Å²) in [5.74, 6) is 0.637. The zero-order valence-corrected chi connectivity index (χ0v) is 12.1. The first kappa shape index (κ1) is 14.7. The third-order valence-electron chi connectivity index (χ3n) is 3.32. The predicted molar refractivity (Wildman–Crippen MR) is 76.7 cm³/mol. The number of rotatable bonds is 5. The quantitative estimate of drug-likeness (QED) is 0.885. The predicted octanol–water partition coefficient (Wildman–Crippen LogP) is 1.55. The van der Waals surface area contributed by atoms with E-state index in [0.717, 1.165) is 19.4 Å². The Balaban J connectivity index is 1.98. The Kier molecular flexibility index (Phi) is 5.29. The number of anilines is 1. The topological polar surface area (TPSA) is 67.4 Å². The Morgan fingerprint density at radius 3 is 2.95 bits per heavy atom. The number of aromatic nitrogens is 2. The maximum absolute atomic E-state index is 12.3. The van der Waals surface area contributed by atoms with E-state index in [0.29, 0.717) is 31.2 Å². The van der Waals surface area contributed by atoms with Gasteiger partial charge < -0.3 is 15.0 Å². The number of nitrogens with zero attached hydrogens (tertiary/aromatic N) is 3. The number of carbonyl (C=O) groups excluding carboxylic acids is 1. The number of hydrogen-bond donors (Lipinski definition) is 1. The molecule has 1 amide bonds. The van der Waals surface area contributed by atoms with Gasteiger partial charge in [0.25, 0.3) is 5.91 Å². The van der Waals surface area contributed by atoms with Gasteiger partial charge in [-0.25, -0.2) is 0 Å². The molecule has 0 bridgehead atoms. The lowest BCUT2D eigenvalue weighted by molar-refractivity contribution is -0.0228. The number of nitrogens with one attached hydrogen (secondary N) is 1. The molecule has 2 heterocycles. The first-order chi connectivity index (χ1) is 9.74. The highest BCUT2D eigenvalue weighted by molar-refractivity contribution is 5.92. The minimum atomic E-state index is -0.0682. The van der Waals surface area contributed by atoms with Crippen LogP contribution in [0.3, 0.4) is 0 Å². The second kappa shape index (κ2) is 7.19. The third kappa shape index (κ3) is 3.66. The molecule has 0 radical (unpaired) electrons. The molecule has 1 aromatic rings. The molecule has 1 aliphatic rings. The summed E-state index contributed by atoms with van der Waals surface area (Å²) >= 11 is 0. The van der Waals surface area contributed by atoms with Gasteiger partial charge in [0.15, 0.2) is 5.69 Å². The Morgan fingerprint density at radius 1 is 1.45 bits per heavy atom. The lowest BCUT2D eigenvalue weighted by Crippen LogP contribution is -2.45. The number of hydrogen-bond acceptors (Lipinski definition) is 5. The van der Waals surface area contributed by atoms with E-state index in [9.17, 15) is 4.79 Å². The molecule has 1 fully saturated rings. The summed E-state index contributed by atoms with van der Waals surface area (Å²) in [4.78, 5) is 14.1. The zero-order chi connectivity index (χ0) is 14.4. The standard InChI is InChI=1S/C14H22N4O2/c1-3-7-15-13-6-5-12(16-17-13)14(19)18-8-9-20-11(4-2)10-18/h5-6,11H,3-4,7-10H2,1-2H3,(H,15,17). The summed E-state index contributed by atoms with van der Waals surface area (Å²) in [6.45, 7) is 6.84. The molecule has 0 aromatic carbocycles. The summed E-state index contributed by atoms with van der Waals surface area (Å²) in [7, 11) is 0. The van der Waals surface area contributed by atoms with Crippen molar-refractivity contribution in [3.05, 3.63) is 17.8 Å². The van der Waals surface area contributed by atoms with Crippen LogP contribution in [0.15, 0.2) is 12.1 Å². The van der Waals surface area contributed by atoms with E-state index in [2.05, 4.69) is 29.4 Å². The molecule has 1 unspecified atom stereocenters. The molecule has 0 saturated carbocycles. The number of carbonyl (C=O) groups is 1. The Hall–Kier alpha value is -1.69. The maximum Gasteiger partial charge on any atom is 0.274 e. The fourth-order valence-corrected chi connectivity index (χ4v) is 2.11. The van der Waals surface area contributed by atoms with Gasteiger partial charge in [-0.05, 0) is 25.0 Å². The van der Waals surface area contributed by atoms with Gasteiger partial charge in [-0.15, -0.1) is 10.2 Å². The van der Waals surface area contributed by atoms with Crippen LogP contribution in [0.4, 0.5) is 5.82 Å². The van der Waals surface area contributed by atoms with E-state index in [1.165, 1.54) is 0 Å². The van der Waals surface area contributed by atoms with Crippen LogP contribution < -0.4 is 5.32 Å². The largest absolute Gasteiger partial charge is 0.375 e. The molecule has 2 rings (SSSR count). The summed E-state index contributed by atoms with van der Waals surface area (Å²) in [5, 5.41) is 11.2. The molecule has 1 aliphatic heterocycles. The monoisotopic (exact) mass is 278 g/mol. The molecule has 1 N–H and O–H groups in total. The van der Waals surface area contributed by atoms with Crippen molar-refractivity contribution in [3.63, 3.8) is 0 Å². The SMILES string of the molecule is CCCNc1ccc(C(=O)N2CCOC(CC)C2)nn1. The van der Waals surface area contributed by atoms with Gasteiger partial charge in [-0.3, -0.25) is 4.79 Å². The molecule has 110 valence electrons. The average molecular weight is 278 g/mol. The molecular formula is C14H22N4O2. The van der Waals surface area contributed by atoms with Gasteiger partial charge >= 0.3 is 0 Å². The Bertz CT molecular complexity index is 435. The third-order valence-corrected chi connectivity index (χ3v) is 3.32. The molecule has 6 nitrogen and oxygen atoms in total. The van der Waals surface area contributed by atoms with Crippen LogP contribution in [-0.2, 0) is 4.74 Å². The molecule has 1 saturated heterocycles. The van der Waals surface area contributed by atoms with Crippen LogP contribution >= 0.6 is 0 Å². The van der Waals surface area contributed by atoms with E-state index in [1.54, 1.807) is 17.0 Å². The fraction of sp³-hybridized carbons (Fsp3) is 0.643. The van der Waals surface area contributed by atoms with Crippen molar-refractivity contribution in [1.82, 2.24) is 15.1 Å². The molecule has 0 aliphatic carbocycles. The van der Waals surface area contributed by atoms with Crippen molar-refractivity contribution in [2.45, 2.75) is 32.8 Å². The highest BCUT2D eigenvalue weighted by Gasteiger charge is 2.24. The van der Waals surface area contributed by atoms with Crippen LogP contribution in [0.2, 0.25) is 0 Å². The average Bonchev–Trinajstić information content (AvgIpc) is 2.52. The summed E-state index contributed by atoms with van der Waals surface area (Å²) in [6, 6.07) is 3.53. The minimum Gasteiger partial charge on any atom is -0.375 e. The Morgan fingerprint density at radius 2 is 2.30 bits per heavy atom. The number of amides is 1. The van der Waals surface area contributed by atoms with Crippen LogP contribution in [0.5, 0.6) is 0 Å². The second-order valence-electron chi connectivity index (χ2n) is 4.88. The minimum absolute atomic E-state index is 0.0682. The van der Waals surface area contributed by atoms with Gasteiger partial charge in [-0.1, -0.05) is 13.8 Å². The van der Waals surface area contributed by atoms with E-state index in [4.69, 9.17) is 4.74 Å². The molecule has 1 aromatic heterocycles. The lowest BCUT2D eigenvalue weighted by Gasteiger charge is -2.32. The van der Waals surface area contributed by atoms with Gasteiger partial charge in [0.05, 0.1) is 12.7 Å². The van der Waals surface area contributed by atoms with Gasteiger partial charge in [-0.2, -0.15) is 0 Å². The molecular weight excluding hydrogens is 256 g/mol. The van der Waals surface area contributed by atoms with Crippen molar-refractivity contribution in [3.8, 4) is 0 Å². The van der Waals surface area contributed by atoms with Crippen molar-refractivity contribution in [2.75, 3.05) is 31.6 Å². The Labute approximate surface area is 119 Å². The summed E-state index contributed by atoms with van der Waals surface area (Å²) < 4.78 is 5.57. The highest BCUT2D eigenvalue weighted by Crippen LogP contribution is 2.12. The van der Waals surface area contributed by atoms with Crippen LogP contribution in [-0.4, -0.2) is 53.3 Å². The van der Waals surface area contributed by atoms with Crippen molar-refractivity contribution < 1.29 is 9.53 Å². The van der Waals surface area contributed by atoms with Gasteiger partial charge in [0, 0.05) is 19.6 Å². The number of ether oxygens (including phenoxy) is 1. The van der Waals surface area contributed by atoms with Crippen molar-refractivity contribution in [2.24, 2.45) is 0 Å². The fourth-order valence-electron chi connectivity index (χ4n) is 2.11. The summed E-state index contributed by atoms with van der Waals surface area (Å²) in [6.07, 6.45) is 2.07. The lowest BCUT2D eigenvalue weighted by atomic mass is 10.2. The summed E-state index contributed by atoms with van der Waals surface area (Å²) in [5.41, 5.74) is 0.392. The van der Waals surface area contributed by atoms with Gasteiger partial charge in [0.2, 0.25) is 0 Å². The van der Waals surface area contributed by atoms with Crippen LogP contribution in [0.25, 0.3) is 0 Å². The van der Waals surface area contributed by atoms with Crippen LogP contribution in [0, 0.1) is 0 Å². The van der Waals surface area contributed by atoms with Crippen molar-refractivity contribution >= 4 is 11.7 Å². The van der Waals surface area contributed by atoms with E-state index < -0.39 is 0 Å².